The Balaban J connectivity index is 3.40. The van der Waals surface area contributed by atoms with Gasteiger partial charge in [-0.05, 0) is 31.0 Å². The van der Waals surface area contributed by atoms with Crippen LogP contribution in [0.3, 0.4) is 0 Å². The van der Waals surface area contributed by atoms with Crippen molar-refractivity contribution in [2.24, 2.45) is 0 Å². The van der Waals surface area contributed by atoms with Crippen LogP contribution in [0.15, 0.2) is 10.5 Å². The van der Waals surface area contributed by atoms with Gasteiger partial charge in [0.25, 0.3) is 0 Å². The third-order valence-corrected chi connectivity index (χ3v) is 3.07. The minimum Gasteiger partial charge on any atom is -0.495 e. The number of aryl methyl sites for hydroxylation is 1. The lowest BCUT2D eigenvalue weighted by molar-refractivity contribution is 0.411. The van der Waals surface area contributed by atoms with Crippen LogP contribution in [0.5, 0.6) is 5.75 Å². The summed E-state index contributed by atoms with van der Waals surface area (Å²) in [6.07, 6.45) is 0. The van der Waals surface area contributed by atoms with Crippen molar-refractivity contribution >= 4 is 27.5 Å². The second kappa shape index (κ2) is 3.67. The van der Waals surface area contributed by atoms with E-state index < -0.39 is 0 Å². The lowest BCUT2D eigenvalue weighted by atomic mass is 10.1. The Morgan fingerprint density at radius 2 is 2.00 bits per heavy atom. The highest BCUT2D eigenvalue weighted by atomic mass is 79.9. The fourth-order valence-corrected chi connectivity index (χ4v) is 2.05. The number of methoxy groups -OCH3 is 1. The average molecular weight is 250 g/mol. The molecule has 12 heavy (non-hydrogen) atoms. The summed E-state index contributed by atoms with van der Waals surface area (Å²) in [6.45, 7) is 3.92. The first-order valence-electron chi connectivity index (χ1n) is 3.57. The van der Waals surface area contributed by atoms with Crippen LogP contribution in [0.25, 0.3) is 0 Å². The maximum atomic E-state index is 6.05. The van der Waals surface area contributed by atoms with Gasteiger partial charge in [0.1, 0.15) is 5.75 Å². The molecule has 0 heterocycles. The topological polar surface area (TPSA) is 9.23 Å². The van der Waals surface area contributed by atoms with E-state index in [9.17, 15) is 0 Å². The van der Waals surface area contributed by atoms with Crippen molar-refractivity contribution in [2.45, 2.75) is 13.8 Å². The lowest BCUT2D eigenvalue weighted by Crippen LogP contribution is -1.91. The van der Waals surface area contributed by atoms with Gasteiger partial charge < -0.3 is 4.74 Å². The second-order valence-electron chi connectivity index (χ2n) is 2.65. The molecule has 0 fully saturated rings. The van der Waals surface area contributed by atoms with Gasteiger partial charge in [-0.1, -0.05) is 27.5 Å². The zero-order chi connectivity index (χ0) is 9.30. The molecule has 0 aliphatic carbocycles. The normalized spacial score (nSPS) is 10.1. The van der Waals surface area contributed by atoms with Gasteiger partial charge in [0, 0.05) is 4.47 Å². The molecule has 1 aromatic rings. The quantitative estimate of drug-likeness (QED) is 0.737. The maximum absolute atomic E-state index is 6.05. The minimum atomic E-state index is 0.685. The number of hydrogen-bond acceptors (Lipinski definition) is 1. The molecule has 0 amide bonds. The first kappa shape index (κ1) is 9.87. The van der Waals surface area contributed by atoms with Crippen molar-refractivity contribution in [2.75, 3.05) is 7.11 Å². The molecule has 0 saturated carbocycles. The molecule has 0 radical (unpaired) electrons. The summed E-state index contributed by atoms with van der Waals surface area (Å²) in [5, 5.41) is 0.685. The number of benzene rings is 1. The van der Waals surface area contributed by atoms with E-state index in [-0.39, 0.29) is 0 Å². The highest BCUT2D eigenvalue weighted by molar-refractivity contribution is 9.10. The average Bonchev–Trinajstić information content (AvgIpc) is 2.01. The Hall–Kier alpha value is -0.210. The summed E-state index contributed by atoms with van der Waals surface area (Å²) in [6, 6.07) is 2.00. The molecule has 0 atom stereocenters. The van der Waals surface area contributed by atoms with Crippen LogP contribution in [0, 0.1) is 13.8 Å². The fourth-order valence-electron chi connectivity index (χ4n) is 1.06. The lowest BCUT2D eigenvalue weighted by Gasteiger charge is -2.10. The molecular formula is C9H10BrClO. The summed E-state index contributed by atoms with van der Waals surface area (Å²) in [7, 11) is 1.63. The first-order chi connectivity index (χ1) is 5.57. The van der Waals surface area contributed by atoms with Gasteiger partial charge in [0.2, 0.25) is 0 Å². The highest BCUT2D eigenvalue weighted by Crippen LogP contribution is 2.35. The molecule has 1 nitrogen and oxygen atoms in total. The number of ether oxygens (including phenoxy) is 1. The SMILES string of the molecule is COc1c(C)cc(Br)c(C)c1Cl. The molecule has 0 spiro atoms. The summed E-state index contributed by atoms with van der Waals surface area (Å²) in [4.78, 5) is 0. The molecule has 0 unspecified atom stereocenters. The van der Waals surface area contributed by atoms with Gasteiger partial charge in [0.15, 0.2) is 0 Å². The maximum Gasteiger partial charge on any atom is 0.140 e. The molecule has 1 aromatic carbocycles. The zero-order valence-corrected chi connectivity index (χ0v) is 9.58. The molecule has 0 aliphatic rings. The molecular weight excluding hydrogens is 239 g/mol. The number of halogens is 2. The highest BCUT2D eigenvalue weighted by Gasteiger charge is 2.09. The first-order valence-corrected chi connectivity index (χ1v) is 4.74. The number of rotatable bonds is 1. The Morgan fingerprint density at radius 1 is 1.42 bits per heavy atom. The van der Waals surface area contributed by atoms with E-state index in [4.69, 9.17) is 16.3 Å². The van der Waals surface area contributed by atoms with Crippen molar-refractivity contribution in [3.05, 3.63) is 26.7 Å². The van der Waals surface area contributed by atoms with E-state index in [1.54, 1.807) is 7.11 Å². The third-order valence-electron chi connectivity index (χ3n) is 1.79. The van der Waals surface area contributed by atoms with E-state index in [2.05, 4.69) is 15.9 Å². The van der Waals surface area contributed by atoms with Gasteiger partial charge in [-0.2, -0.15) is 0 Å². The molecule has 0 saturated heterocycles. The second-order valence-corrected chi connectivity index (χ2v) is 3.88. The van der Waals surface area contributed by atoms with Gasteiger partial charge >= 0.3 is 0 Å². The Kier molecular flexibility index (Phi) is 3.02. The van der Waals surface area contributed by atoms with Crippen molar-refractivity contribution in [3.8, 4) is 5.75 Å². The fraction of sp³-hybridized carbons (Fsp3) is 0.333. The third kappa shape index (κ3) is 1.59. The van der Waals surface area contributed by atoms with E-state index in [0.717, 1.165) is 21.3 Å². The predicted octanol–water partition coefficient (Wildman–Crippen LogP) is 3.73. The van der Waals surface area contributed by atoms with E-state index in [0.29, 0.717) is 5.02 Å². The number of hydrogen-bond donors (Lipinski definition) is 0. The largest absolute Gasteiger partial charge is 0.495 e. The van der Waals surface area contributed by atoms with Crippen LogP contribution in [-0.4, -0.2) is 7.11 Å². The minimum absolute atomic E-state index is 0.685. The van der Waals surface area contributed by atoms with Gasteiger partial charge in [-0.25, -0.2) is 0 Å². The summed E-state index contributed by atoms with van der Waals surface area (Å²) in [5.74, 6) is 0.761. The van der Waals surface area contributed by atoms with E-state index in [1.807, 2.05) is 19.9 Å². The van der Waals surface area contributed by atoms with Crippen LogP contribution in [-0.2, 0) is 0 Å². The van der Waals surface area contributed by atoms with Gasteiger partial charge in [0.05, 0.1) is 12.1 Å². The van der Waals surface area contributed by atoms with Crippen LogP contribution in [0.4, 0.5) is 0 Å². The van der Waals surface area contributed by atoms with E-state index in [1.165, 1.54) is 0 Å². The summed E-state index contributed by atoms with van der Waals surface area (Å²) < 4.78 is 6.18. The van der Waals surface area contributed by atoms with Crippen LogP contribution in [0.2, 0.25) is 5.02 Å². The molecule has 0 aromatic heterocycles. The predicted molar refractivity (Wildman–Crippen MR) is 55.2 cm³/mol. The van der Waals surface area contributed by atoms with Crippen molar-refractivity contribution in [3.63, 3.8) is 0 Å². The Morgan fingerprint density at radius 3 is 2.50 bits per heavy atom. The van der Waals surface area contributed by atoms with Crippen molar-refractivity contribution < 1.29 is 4.74 Å². The Bertz CT molecular complexity index is 310. The summed E-state index contributed by atoms with van der Waals surface area (Å²) >= 11 is 9.47. The van der Waals surface area contributed by atoms with Crippen LogP contribution in [0.1, 0.15) is 11.1 Å². The molecule has 66 valence electrons. The standard InChI is InChI=1S/C9H10BrClO/c1-5-4-7(10)6(2)8(11)9(5)12-3/h4H,1-3H3. The van der Waals surface area contributed by atoms with Gasteiger partial charge in [-0.3, -0.25) is 0 Å². The van der Waals surface area contributed by atoms with Crippen molar-refractivity contribution in [1.29, 1.82) is 0 Å². The smallest absolute Gasteiger partial charge is 0.140 e. The molecule has 1 rings (SSSR count). The summed E-state index contributed by atoms with van der Waals surface area (Å²) in [5.41, 5.74) is 2.05. The Labute approximate surface area is 85.8 Å². The monoisotopic (exact) mass is 248 g/mol. The molecule has 0 aliphatic heterocycles. The molecule has 0 N–H and O–H groups in total. The molecule has 0 bridgehead atoms. The van der Waals surface area contributed by atoms with Crippen molar-refractivity contribution in [1.82, 2.24) is 0 Å². The van der Waals surface area contributed by atoms with Crippen LogP contribution >= 0.6 is 27.5 Å². The van der Waals surface area contributed by atoms with Gasteiger partial charge in [-0.15, -0.1) is 0 Å². The zero-order valence-electron chi connectivity index (χ0n) is 7.24. The molecule has 3 heteroatoms. The van der Waals surface area contributed by atoms with E-state index >= 15 is 0 Å². The van der Waals surface area contributed by atoms with Crippen LogP contribution < -0.4 is 4.74 Å².